The van der Waals surface area contributed by atoms with Crippen LogP contribution in [0.1, 0.15) is 42.4 Å². The number of nitrogens with zero attached hydrogens (tertiary/aromatic N) is 1. The van der Waals surface area contributed by atoms with E-state index in [0.29, 0.717) is 4.47 Å². The Morgan fingerprint density at radius 1 is 1.21 bits per heavy atom. The molecule has 0 spiro atoms. The molecular formula is C20H24BrNO2. The molecule has 1 aliphatic rings. The molecule has 1 unspecified atom stereocenters. The van der Waals surface area contributed by atoms with Crippen LogP contribution in [-0.4, -0.2) is 34.7 Å². The summed E-state index contributed by atoms with van der Waals surface area (Å²) in [5.74, 6) is 0.0921. The van der Waals surface area contributed by atoms with Gasteiger partial charge < -0.3 is 15.1 Å². The molecule has 0 fully saturated rings. The molecule has 0 aliphatic carbocycles. The zero-order chi connectivity index (χ0) is 17.1. The van der Waals surface area contributed by atoms with Gasteiger partial charge in [0.05, 0.1) is 4.47 Å². The molecule has 3 nitrogen and oxygen atoms in total. The molecule has 1 aliphatic heterocycles. The van der Waals surface area contributed by atoms with Gasteiger partial charge in [0.15, 0.2) is 11.5 Å². The van der Waals surface area contributed by atoms with Gasteiger partial charge in [-0.1, -0.05) is 43.7 Å². The average molecular weight is 390 g/mol. The van der Waals surface area contributed by atoms with Crippen molar-refractivity contribution in [2.24, 2.45) is 0 Å². The summed E-state index contributed by atoms with van der Waals surface area (Å²) in [4.78, 5) is 2.50. The third kappa shape index (κ3) is 3.45. The molecule has 2 N–H and O–H groups in total. The van der Waals surface area contributed by atoms with Crippen LogP contribution in [0.25, 0.3) is 0 Å². The summed E-state index contributed by atoms with van der Waals surface area (Å²) < 4.78 is 0.635. The summed E-state index contributed by atoms with van der Waals surface area (Å²) >= 11 is 3.50. The fourth-order valence-corrected chi connectivity index (χ4v) is 4.15. The molecule has 4 heteroatoms. The zero-order valence-corrected chi connectivity index (χ0v) is 15.6. The topological polar surface area (TPSA) is 43.7 Å². The molecule has 0 saturated heterocycles. The van der Waals surface area contributed by atoms with Crippen LogP contribution in [-0.2, 0) is 6.42 Å². The Morgan fingerprint density at radius 2 is 1.96 bits per heavy atom. The number of phenolic OH excluding ortho intramolecular Hbond substituents is 2. The lowest BCUT2D eigenvalue weighted by atomic mass is 9.87. The van der Waals surface area contributed by atoms with E-state index in [4.69, 9.17) is 0 Å². The van der Waals surface area contributed by atoms with E-state index in [2.05, 4.69) is 52.0 Å². The van der Waals surface area contributed by atoms with Crippen LogP contribution in [0.3, 0.4) is 0 Å². The fourth-order valence-electron chi connectivity index (χ4n) is 3.52. The minimum absolute atomic E-state index is 0.0523. The predicted octanol–water partition coefficient (Wildman–Crippen LogP) is 4.65. The van der Waals surface area contributed by atoms with Crippen molar-refractivity contribution in [1.29, 1.82) is 0 Å². The maximum Gasteiger partial charge on any atom is 0.172 e. The van der Waals surface area contributed by atoms with Crippen LogP contribution in [0.5, 0.6) is 11.5 Å². The van der Waals surface area contributed by atoms with Crippen molar-refractivity contribution >= 4 is 15.9 Å². The lowest BCUT2D eigenvalue weighted by Gasteiger charge is -2.25. The molecule has 128 valence electrons. The van der Waals surface area contributed by atoms with Gasteiger partial charge in [-0.15, -0.1) is 0 Å². The van der Waals surface area contributed by atoms with Gasteiger partial charge in [-0.3, -0.25) is 0 Å². The fraction of sp³-hybridized carbons (Fsp3) is 0.400. The lowest BCUT2D eigenvalue weighted by molar-refractivity contribution is 0.272. The van der Waals surface area contributed by atoms with Crippen LogP contribution in [0.4, 0.5) is 0 Å². The molecule has 0 radical (unpaired) electrons. The molecule has 0 aromatic heterocycles. The maximum absolute atomic E-state index is 10.1. The SMILES string of the molecule is CCCCN1CCc2c(cc(O)c(O)c2Br)C(c2ccccc2)C1. The number of rotatable bonds is 4. The van der Waals surface area contributed by atoms with Gasteiger partial charge >= 0.3 is 0 Å². The molecule has 24 heavy (non-hydrogen) atoms. The quantitative estimate of drug-likeness (QED) is 0.747. The minimum Gasteiger partial charge on any atom is -0.504 e. The molecule has 0 amide bonds. The smallest absolute Gasteiger partial charge is 0.172 e. The van der Waals surface area contributed by atoms with Gasteiger partial charge in [0.25, 0.3) is 0 Å². The number of unbranched alkanes of at least 4 members (excludes halogenated alkanes) is 1. The van der Waals surface area contributed by atoms with E-state index in [1.807, 2.05) is 6.07 Å². The Bertz CT molecular complexity index is 703. The summed E-state index contributed by atoms with van der Waals surface area (Å²) in [6.07, 6.45) is 3.25. The largest absolute Gasteiger partial charge is 0.504 e. The van der Waals surface area contributed by atoms with Crippen molar-refractivity contribution in [2.75, 3.05) is 19.6 Å². The number of halogens is 1. The van der Waals surface area contributed by atoms with Crippen LogP contribution in [0, 0.1) is 0 Å². The number of hydrogen-bond acceptors (Lipinski definition) is 3. The molecular weight excluding hydrogens is 366 g/mol. The minimum atomic E-state index is -0.0532. The number of hydrogen-bond donors (Lipinski definition) is 2. The van der Waals surface area contributed by atoms with E-state index in [9.17, 15) is 10.2 Å². The Morgan fingerprint density at radius 3 is 2.67 bits per heavy atom. The molecule has 0 bridgehead atoms. The van der Waals surface area contributed by atoms with Gasteiger partial charge in [-0.2, -0.15) is 0 Å². The zero-order valence-electron chi connectivity index (χ0n) is 14.0. The Kier molecular flexibility index (Phi) is 5.47. The summed E-state index contributed by atoms with van der Waals surface area (Å²) in [6, 6.07) is 12.2. The van der Waals surface area contributed by atoms with Crippen molar-refractivity contribution in [2.45, 2.75) is 32.1 Å². The van der Waals surface area contributed by atoms with Crippen molar-refractivity contribution in [1.82, 2.24) is 4.90 Å². The first kappa shape index (κ1) is 17.3. The van der Waals surface area contributed by atoms with Gasteiger partial charge in [0.2, 0.25) is 0 Å². The molecule has 1 heterocycles. The van der Waals surface area contributed by atoms with Crippen molar-refractivity contribution in [3.05, 3.63) is 57.6 Å². The number of phenols is 2. The van der Waals surface area contributed by atoms with Crippen molar-refractivity contribution < 1.29 is 10.2 Å². The van der Waals surface area contributed by atoms with Gasteiger partial charge in [-0.05, 0) is 58.1 Å². The van der Waals surface area contributed by atoms with E-state index in [1.54, 1.807) is 6.07 Å². The first-order valence-electron chi connectivity index (χ1n) is 8.62. The van der Waals surface area contributed by atoms with E-state index >= 15 is 0 Å². The average Bonchev–Trinajstić information content (AvgIpc) is 2.78. The lowest BCUT2D eigenvalue weighted by Crippen LogP contribution is -2.29. The van der Waals surface area contributed by atoms with Crippen LogP contribution in [0.2, 0.25) is 0 Å². The highest BCUT2D eigenvalue weighted by Crippen LogP contribution is 2.43. The van der Waals surface area contributed by atoms with Crippen molar-refractivity contribution in [3.63, 3.8) is 0 Å². The first-order valence-corrected chi connectivity index (χ1v) is 9.41. The van der Waals surface area contributed by atoms with Crippen molar-refractivity contribution in [3.8, 4) is 11.5 Å². The number of aromatic hydroxyl groups is 2. The van der Waals surface area contributed by atoms with Crippen LogP contribution >= 0.6 is 15.9 Å². The highest BCUT2D eigenvalue weighted by Gasteiger charge is 2.28. The normalized spacial score (nSPS) is 18.2. The second kappa shape index (κ2) is 7.58. The van der Waals surface area contributed by atoms with E-state index in [-0.39, 0.29) is 17.4 Å². The monoisotopic (exact) mass is 389 g/mol. The molecule has 3 rings (SSSR count). The highest BCUT2D eigenvalue weighted by molar-refractivity contribution is 9.10. The standard InChI is InChI=1S/C20H24BrNO2/c1-2-3-10-22-11-9-15-16(12-18(23)20(24)19(15)21)17(13-22)14-7-5-4-6-8-14/h4-8,12,17,23-24H,2-3,9-11,13H2,1H3. The van der Waals surface area contributed by atoms with Gasteiger partial charge in [0, 0.05) is 19.0 Å². The summed E-state index contributed by atoms with van der Waals surface area (Å²) in [6.45, 7) is 5.21. The third-order valence-electron chi connectivity index (χ3n) is 4.88. The Balaban J connectivity index is 2.06. The second-order valence-electron chi connectivity index (χ2n) is 6.49. The van der Waals surface area contributed by atoms with Crippen LogP contribution in [0.15, 0.2) is 40.9 Å². The predicted molar refractivity (Wildman–Crippen MR) is 101 cm³/mol. The molecule has 2 aromatic carbocycles. The van der Waals surface area contributed by atoms with Gasteiger partial charge in [0.1, 0.15) is 0 Å². The Hall–Kier alpha value is -1.52. The van der Waals surface area contributed by atoms with E-state index in [0.717, 1.165) is 37.2 Å². The van der Waals surface area contributed by atoms with E-state index < -0.39 is 0 Å². The highest BCUT2D eigenvalue weighted by atomic mass is 79.9. The maximum atomic E-state index is 10.1. The van der Waals surface area contributed by atoms with Crippen LogP contribution < -0.4 is 0 Å². The van der Waals surface area contributed by atoms with Gasteiger partial charge in [-0.25, -0.2) is 0 Å². The molecule has 2 aromatic rings. The first-order chi connectivity index (χ1) is 11.6. The summed E-state index contributed by atoms with van der Waals surface area (Å²) in [5.41, 5.74) is 3.47. The third-order valence-corrected chi connectivity index (χ3v) is 5.73. The molecule has 0 saturated carbocycles. The second-order valence-corrected chi connectivity index (χ2v) is 7.29. The summed E-state index contributed by atoms with van der Waals surface area (Å²) in [7, 11) is 0. The number of benzene rings is 2. The number of fused-ring (bicyclic) bond motifs is 1. The summed E-state index contributed by atoms with van der Waals surface area (Å²) in [5, 5.41) is 20.2. The Labute approximate surface area is 152 Å². The molecule has 1 atom stereocenters. The van der Waals surface area contributed by atoms with E-state index in [1.165, 1.54) is 18.4 Å².